The van der Waals surface area contributed by atoms with Crippen molar-refractivity contribution in [2.24, 2.45) is 4.99 Å². The van der Waals surface area contributed by atoms with Crippen LogP contribution in [-0.2, 0) is 6.42 Å². The lowest BCUT2D eigenvalue weighted by Gasteiger charge is -2.20. The van der Waals surface area contributed by atoms with Gasteiger partial charge in [0, 0.05) is 26.2 Å². The lowest BCUT2D eigenvalue weighted by atomic mass is 10.1. The second-order valence-electron chi connectivity index (χ2n) is 5.37. The first-order chi connectivity index (χ1) is 10.8. The largest absolute Gasteiger partial charge is 0.493 e. The zero-order valence-corrected chi connectivity index (χ0v) is 13.9. The first-order valence-electron chi connectivity index (χ1n) is 8.02. The van der Waals surface area contributed by atoms with Crippen LogP contribution in [0.3, 0.4) is 0 Å². The van der Waals surface area contributed by atoms with Crippen molar-refractivity contribution in [3.8, 4) is 11.5 Å². The maximum absolute atomic E-state index is 5.34. The van der Waals surface area contributed by atoms with E-state index in [0.29, 0.717) is 0 Å². The van der Waals surface area contributed by atoms with Gasteiger partial charge < -0.3 is 19.7 Å². The zero-order chi connectivity index (χ0) is 15.8. The number of hydrogen-bond acceptors (Lipinski definition) is 3. The molecular formula is C17H27N3O2. The number of hydrogen-bond donors (Lipinski definition) is 1. The van der Waals surface area contributed by atoms with Gasteiger partial charge in [-0.05, 0) is 43.9 Å². The molecule has 1 fully saturated rings. The van der Waals surface area contributed by atoms with Crippen LogP contribution < -0.4 is 14.8 Å². The number of ether oxygens (including phenoxy) is 2. The zero-order valence-electron chi connectivity index (χ0n) is 13.9. The Morgan fingerprint density at radius 2 is 1.91 bits per heavy atom. The Bertz CT molecular complexity index is 497. The molecule has 1 aliphatic rings. The third-order valence-corrected chi connectivity index (χ3v) is 3.85. The summed E-state index contributed by atoms with van der Waals surface area (Å²) in [5.74, 6) is 2.58. The molecule has 2 rings (SSSR count). The summed E-state index contributed by atoms with van der Waals surface area (Å²) in [5, 5.41) is 3.38. The van der Waals surface area contributed by atoms with Crippen LogP contribution in [0.4, 0.5) is 0 Å². The number of aliphatic imine (C=N–C) groups is 1. The van der Waals surface area contributed by atoms with Crippen molar-refractivity contribution >= 4 is 5.96 Å². The molecule has 0 bridgehead atoms. The van der Waals surface area contributed by atoms with E-state index in [0.717, 1.165) is 50.1 Å². The molecule has 5 heteroatoms. The molecule has 22 heavy (non-hydrogen) atoms. The predicted molar refractivity (Wildman–Crippen MR) is 90.0 cm³/mol. The topological polar surface area (TPSA) is 46.1 Å². The standard InChI is InChI=1S/C17H27N3O2/c1-4-18-17(20-11-5-6-12-20)19-10-9-14-7-8-15(21-2)16(13-14)22-3/h7-8,13H,4-6,9-12H2,1-3H3,(H,18,19). The molecule has 0 aromatic heterocycles. The van der Waals surface area contributed by atoms with Crippen molar-refractivity contribution in [3.05, 3.63) is 23.8 Å². The monoisotopic (exact) mass is 305 g/mol. The molecule has 0 saturated carbocycles. The van der Waals surface area contributed by atoms with Gasteiger partial charge in [0.25, 0.3) is 0 Å². The van der Waals surface area contributed by atoms with E-state index in [-0.39, 0.29) is 0 Å². The van der Waals surface area contributed by atoms with E-state index in [1.54, 1.807) is 14.2 Å². The van der Waals surface area contributed by atoms with E-state index >= 15 is 0 Å². The highest BCUT2D eigenvalue weighted by Crippen LogP contribution is 2.27. The molecule has 1 aromatic rings. The lowest BCUT2D eigenvalue weighted by molar-refractivity contribution is 0.354. The summed E-state index contributed by atoms with van der Waals surface area (Å²) >= 11 is 0. The molecule has 0 atom stereocenters. The number of nitrogens with zero attached hydrogens (tertiary/aromatic N) is 2. The van der Waals surface area contributed by atoms with Crippen LogP contribution in [0.25, 0.3) is 0 Å². The average molecular weight is 305 g/mol. The first kappa shape index (κ1) is 16.5. The van der Waals surface area contributed by atoms with Gasteiger partial charge >= 0.3 is 0 Å². The molecule has 1 aliphatic heterocycles. The van der Waals surface area contributed by atoms with E-state index < -0.39 is 0 Å². The lowest BCUT2D eigenvalue weighted by Crippen LogP contribution is -2.39. The minimum Gasteiger partial charge on any atom is -0.493 e. The van der Waals surface area contributed by atoms with E-state index in [9.17, 15) is 0 Å². The van der Waals surface area contributed by atoms with Crippen molar-refractivity contribution in [2.45, 2.75) is 26.2 Å². The highest BCUT2D eigenvalue weighted by molar-refractivity contribution is 5.80. The van der Waals surface area contributed by atoms with Gasteiger partial charge in [0.15, 0.2) is 17.5 Å². The van der Waals surface area contributed by atoms with Crippen LogP contribution >= 0.6 is 0 Å². The van der Waals surface area contributed by atoms with E-state index in [1.807, 2.05) is 12.1 Å². The molecule has 122 valence electrons. The summed E-state index contributed by atoms with van der Waals surface area (Å²) in [6.07, 6.45) is 3.42. The molecule has 1 aromatic carbocycles. The van der Waals surface area contributed by atoms with Crippen LogP contribution in [0, 0.1) is 0 Å². The average Bonchev–Trinajstić information content (AvgIpc) is 3.08. The fourth-order valence-electron chi connectivity index (χ4n) is 2.68. The van der Waals surface area contributed by atoms with E-state index in [2.05, 4.69) is 23.2 Å². The van der Waals surface area contributed by atoms with Gasteiger partial charge in [-0.2, -0.15) is 0 Å². The van der Waals surface area contributed by atoms with Crippen LogP contribution in [-0.4, -0.2) is 51.3 Å². The Labute approximate surface area is 133 Å². The minimum absolute atomic E-state index is 0.764. The van der Waals surface area contributed by atoms with Gasteiger partial charge in [0.05, 0.1) is 14.2 Å². The third-order valence-electron chi connectivity index (χ3n) is 3.85. The van der Waals surface area contributed by atoms with Crippen LogP contribution in [0.1, 0.15) is 25.3 Å². The molecule has 0 aliphatic carbocycles. The van der Waals surface area contributed by atoms with Gasteiger partial charge in [-0.3, -0.25) is 4.99 Å². The van der Waals surface area contributed by atoms with E-state index in [4.69, 9.17) is 14.5 Å². The normalized spacial score (nSPS) is 15.0. The molecule has 0 amide bonds. The van der Waals surface area contributed by atoms with Gasteiger partial charge in [0.2, 0.25) is 0 Å². The van der Waals surface area contributed by atoms with Crippen molar-refractivity contribution in [2.75, 3.05) is 40.4 Å². The predicted octanol–water partition coefficient (Wildman–Crippen LogP) is 2.31. The summed E-state index contributed by atoms with van der Waals surface area (Å²) in [6.45, 7) is 6.02. The third kappa shape index (κ3) is 4.29. The van der Waals surface area contributed by atoms with Crippen molar-refractivity contribution in [1.82, 2.24) is 10.2 Å². The maximum atomic E-state index is 5.34. The summed E-state index contributed by atoms with van der Waals surface area (Å²) in [7, 11) is 3.32. The van der Waals surface area contributed by atoms with Gasteiger partial charge in [0.1, 0.15) is 0 Å². The molecule has 1 saturated heterocycles. The highest BCUT2D eigenvalue weighted by Gasteiger charge is 2.15. The summed E-state index contributed by atoms with van der Waals surface area (Å²) < 4.78 is 10.6. The highest BCUT2D eigenvalue weighted by atomic mass is 16.5. The minimum atomic E-state index is 0.764. The SMILES string of the molecule is CCNC(=NCCc1ccc(OC)c(OC)c1)N1CCCC1. The molecule has 5 nitrogen and oxygen atoms in total. The summed E-state index contributed by atoms with van der Waals surface area (Å²) in [5.41, 5.74) is 1.21. The smallest absolute Gasteiger partial charge is 0.193 e. The Morgan fingerprint density at radius 3 is 2.55 bits per heavy atom. The van der Waals surface area contributed by atoms with Crippen molar-refractivity contribution < 1.29 is 9.47 Å². The van der Waals surface area contributed by atoms with Crippen LogP contribution in [0.2, 0.25) is 0 Å². The second kappa shape index (κ2) is 8.51. The summed E-state index contributed by atoms with van der Waals surface area (Å²) in [4.78, 5) is 7.09. The number of nitrogens with one attached hydrogen (secondary N) is 1. The van der Waals surface area contributed by atoms with Gasteiger partial charge in [-0.15, -0.1) is 0 Å². The Morgan fingerprint density at radius 1 is 1.18 bits per heavy atom. The quantitative estimate of drug-likeness (QED) is 0.647. The molecular weight excluding hydrogens is 278 g/mol. The van der Waals surface area contributed by atoms with Crippen LogP contribution in [0.15, 0.2) is 23.2 Å². The van der Waals surface area contributed by atoms with E-state index in [1.165, 1.54) is 18.4 Å². The number of likely N-dealkylation sites (tertiary alicyclic amines) is 1. The first-order valence-corrected chi connectivity index (χ1v) is 8.02. The molecule has 0 spiro atoms. The molecule has 0 radical (unpaired) electrons. The maximum Gasteiger partial charge on any atom is 0.193 e. The number of rotatable bonds is 6. The fourth-order valence-corrected chi connectivity index (χ4v) is 2.68. The number of methoxy groups -OCH3 is 2. The van der Waals surface area contributed by atoms with Gasteiger partial charge in [-0.1, -0.05) is 6.07 Å². The molecule has 1 heterocycles. The Kier molecular flexibility index (Phi) is 6.37. The molecule has 1 N–H and O–H groups in total. The second-order valence-corrected chi connectivity index (χ2v) is 5.37. The Hall–Kier alpha value is -1.91. The molecule has 0 unspecified atom stereocenters. The number of guanidine groups is 1. The summed E-state index contributed by atoms with van der Waals surface area (Å²) in [6, 6.07) is 6.04. The van der Waals surface area contributed by atoms with Crippen molar-refractivity contribution in [1.29, 1.82) is 0 Å². The van der Waals surface area contributed by atoms with Crippen molar-refractivity contribution in [3.63, 3.8) is 0 Å². The Balaban J connectivity index is 1.97. The fraction of sp³-hybridized carbons (Fsp3) is 0.588. The van der Waals surface area contributed by atoms with Crippen LogP contribution in [0.5, 0.6) is 11.5 Å². The van der Waals surface area contributed by atoms with Gasteiger partial charge in [-0.25, -0.2) is 0 Å². The number of benzene rings is 1.